The maximum Gasteiger partial charge on any atom is 0.136 e. The number of rotatable bonds is 2. The van der Waals surface area contributed by atoms with Crippen LogP contribution >= 0.6 is 11.6 Å². The van der Waals surface area contributed by atoms with Gasteiger partial charge in [0.25, 0.3) is 0 Å². The van der Waals surface area contributed by atoms with Crippen LogP contribution in [0.25, 0.3) is 0 Å². The standard InChI is InChI=1S/C17H19ClN2/c1-11-7-8-13(9-12(11)2)10-16-19-15-6-4-3-5-14(15)17(18)20-16/h7-9H,3-6,10H2,1-2H3. The van der Waals surface area contributed by atoms with Gasteiger partial charge in [-0.25, -0.2) is 9.97 Å². The molecule has 0 fully saturated rings. The van der Waals surface area contributed by atoms with Crippen molar-refractivity contribution in [1.82, 2.24) is 9.97 Å². The molecule has 0 N–H and O–H groups in total. The third kappa shape index (κ3) is 2.71. The van der Waals surface area contributed by atoms with E-state index >= 15 is 0 Å². The number of aryl methyl sites for hydroxylation is 3. The molecule has 0 bridgehead atoms. The average molecular weight is 287 g/mol. The number of hydrogen-bond donors (Lipinski definition) is 0. The zero-order valence-corrected chi connectivity index (χ0v) is 12.8. The molecule has 1 aromatic carbocycles. The molecule has 0 aliphatic heterocycles. The van der Waals surface area contributed by atoms with Crippen LogP contribution in [0.3, 0.4) is 0 Å². The Hall–Kier alpha value is -1.41. The molecule has 0 saturated heterocycles. The summed E-state index contributed by atoms with van der Waals surface area (Å²) in [6, 6.07) is 6.52. The summed E-state index contributed by atoms with van der Waals surface area (Å²) in [5, 5.41) is 0.661. The van der Waals surface area contributed by atoms with Crippen molar-refractivity contribution < 1.29 is 0 Å². The first-order chi connectivity index (χ1) is 9.63. The van der Waals surface area contributed by atoms with Gasteiger partial charge in [0.05, 0.1) is 0 Å². The Balaban J connectivity index is 1.90. The van der Waals surface area contributed by atoms with Crippen molar-refractivity contribution in [3.8, 4) is 0 Å². The van der Waals surface area contributed by atoms with Crippen LogP contribution in [-0.4, -0.2) is 9.97 Å². The van der Waals surface area contributed by atoms with E-state index in [9.17, 15) is 0 Å². The van der Waals surface area contributed by atoms with Crippen LogP contribution in [0.1, 0.15) is 46.6 Å². The molecule has 0 saturated carbocycles. The molecular formula is C17H19ClN2. The van der Waals surface area contributed by atoms with Crippen LogP contribution < -0.4 is 0 Å². The van der Waals surface area contributed by atoms with E-state index in [0.29, 0.717) is 5.15 Å². The van der Waals surface area contributed by atoms with Gasteiger partial charge in [0.15, 0.2) is 0 Å². The molecule has 1 heterocycles. The lowest BCUT2D eigenvalue weighted by atomic mass is 9.97. The van der Waals surface area contributed by atoms with Gasteiger partial charge in [-0.2, -0.15) is 0 Å². The summed E-state index contributed by atoms with van der Waals surface area (Å²) in [7, 11) is 0. The van der Waals surface area contributed by atoms with E-state index in [0.717, 1.165) is 30.8 Å². The molecule has 1 aliphatic carbocycles. The fourth-order valence-corrected chi connectivity index (χ4v) is 3.07. The number of nitrogens with zero attached hydrogens (tertiary/aromatic N) is 2. The number of aromatic nitrogens is 2. The van der Waals surface area contributed by atoms with E-state index in [1.807, 2.05) is 0 Å². The third-order valence-electron chi connectivity index (χ3n) is 4.11. The van der Waals surface area contributed by atoms with Gasteiger partial charge in [-0.05, 0) is 56.2 Å². The first kappa shape index (κ1) is 13.6. The molecule has 2 aromatic rings. The zero-order valence-electron chi connectivity index (χ0n) is 12.0. The molecule has 3 heteroatoms. The summed E-state index contributed by atoms with van der Waals surface area (Å²) in [6.45, 7) is 4.27. The zero-order chi connectivity index (χ0) is 14.1. The van der Waals surface area contributed by atoms with Gasteiger partial charge in [0.1, 0.15) is 11.0 Å². The van der Waals surface area contributed by atoms with Crippen molar-refractivity contribution in [2.45, 2.75) is 46.0 Å². The lowest BCUT2D eigenvalue weighted by molar-refractivity contribution is 0.656. The van der Waals surface area contributed by atoms with Crippen LogP contribution in [0.5, 0.6) is 0 Å². The smallest absolute Gasteiger partial charge is 0.136 e. The van der Waals surface area contributed by atoms with Crippen molar-refractivity contribution >= 4 is 11.6 Å². The molecule has 0 radical (unpaired) electrons. The van der Waals surface area contributed by atoms with Crippen LogP contribution in [0, 0.1) is 13.8 Å². The minimum atomic E-state index is 0.661. The SMILES string of the molecule is Cc1ccc(Cc2nc(Cl)c3c(n2)CCCC3)cc1C. The van der Waals surface area contributed by atoms with Crippen LogP contribution in [0.2, 0.25) is 5.15 Å². The van der Waals surface area contributed by atoms with Crippen LogP contribution in [0.15, 0.2) is 18.2 Å². The van der Waals surface area contributed by atoms with Crippen molar-refractivity contribution in [1.29, 1.82) is 0 Å². The maximum atomic E-state index is 6.32. The molecule has 0 spiro atoms. The highest BCUT2D eigenvalue weighted by Crippen LogP contribution is 2.25. The molecule has 20 heavy (non-hydrogen) atoms. The van der Waals surface area contributed by atoms with Crippen molar-refractivity contribution in [3.05, 3.63) is 57.1 Å². The number of halogens is 1. The number of fused-ring (bicyclic) bond motifs is 1. The lowest BCUT2D eigenvalue weighted by Gasteiger charge is -2.16. The van der Waals surface area contributed by atoms with Crippen molar-refractivity contribution in [2.24, 2.45) is 0 Å². The molecule has 0 amide bonds. The molecule has 104 valence electrons. The summed E-state index contributed by atoms with van der Waals surface area (Å²) in [4.78, 5) is 9.21. The normalized spacial score (nSPS) is 14.2. The fourth-order valence-electron chi connectivity index (χ4n) is 2.77. The van der Waals surface area contributed by atoms with E-state index < -0.39 is 0 Å². The molecule has 2 nitrogen and oxygen atoms in total. The van der Waals surface area contributed by atoms with Gasteiger partial charge >= 0.3 is 0 Å². The van der Waals surface area contributed by atoms with Crippen molar-refractivity contribution in [2.75, 3.05) is 0 Å². The molecule has 1 aromatic heterocycles. The average Bonchev–Trinajstić information content (AvgIpc) is 2.43. The van der Waals surface area contributed by atoms with Crippen LogP contribution in [0.4, 0.5) is 0 Å². The van der Waals surface area contributed by atoms with E-state index in [4.69, 9.17) is 16.6 Å². The van der Waals surface area contributed by atoms with Gasteiger partial charge in [-0.1, -0.05) is 29.8 Å². The summed E-state index contributed by atoms with van der Waals surface area (Å²) in [6.07, 6.45) is 5.24. The predicted octanol–water partition coefficient (Wildman–Crippen LogP) is 4.22. The van der Waals surface area contributed by atoms with E-state index in [-0.39, 0.29) is 0 Å². The Bertz CT molecular complexity index is 650. The topological polar surface area (TPSA) is 25.8 Å². The molecule has 0 unspecified atom stereocenters. The highest BCUT2D eigenvalue weighted by atomic mass is 35.5. The largest absolute Gasteiger partial charge is 0.237 e. The molecule has 0 atom stereocenters. The Kier molecular flexibility index (Phi) is 3.75. The van der Waals surface area contributed by atoms with Crippen LogP contribution in [-0.2, 0) is 19.3 Å². The second-order valence-corrected chi connectivity index (χ2v) is 6.02. The van der Waals surface area contributed by atoms with Gasteiger partial charge < -0.3 is 0 Å². The van der Waals surface area contributed by atoms with Gasteiger partial charge in [0, 0.05) is 17.7 Å². The second-order valence-electron chi connectivity index (χ2n) is 5.66. The minimum Gasteiger partial charge on any atom is -0.237 e. The van der Waals surface area contributed by atoms with E-state index in [2.05, 4.69) is 37.0 Å². The fraction of sp³-hybridized carbons (Fsp3) is 0.412. The van der Waals surface area contributed by atoms with Gasteiger partial charge in [-0.3, -0.25) is 0 Å². The molecule has 3 rings (SSSR count). The molecule has 1 aliphatic rings. The first-order valence-corrected chi connectivity index (χ1v) is 7.61. The maximum absolute atomic E-state index is 6.32. The summed E-state index contributed by atoms with van der Waals surface area (Å²) < 4.78 is 0. The quantitative estimate of drug-likeness (QED) is 0.773. The summed E-state index contributed by atoms with van der Waals surface area (Å²) in [5.41, 5.74) is 6.21. The Morgan fingerprint density at radius 3 is 2.65 bits per heavy atom. The van der Waals surface area contributed by atoms with E-state index in [1.54, 1.807) is 0 Å². The highest BCUT2D eigenvalue weighted by molar-refractivity contribution is 6.30. The minimum absolute atomic E-state index is 0.661. The summed E-state index contributed by atoms with van der Waals surface area (Å²) in [5.74, 6) is 0.846. The summed E-state index contributed by atoms with van der Waals surface area (Å²) >= 11 is 6.32. The first-order valence-electron chi connectivity index (χ1n) is 7.24. The monoisotopic (exact) mass is 286 g/mol. The number of benzene rings is 1. The predicted molar refractivity (Wildman–Crippen MR) is 82.4 cm³/mol. The highest BCUT2D eigenvalue weighted by Gasteiger charge is 2.16. The second kappa shape index (κ2) is 5.53. The van der Waals surface area contributed by atoms with Crippen molar-refractivity contribution in [3.63, 3.8) is 0 Å². The Labute approximate surface area is 125 Å². The Morgan fingerprint density at radius 1 is 1.05 bits per heavy atom. The Morgan fingerprint density at radius 2 is 1.85 bits per heavy atom. The van der Waals surface area contributed by atoms with E-state index in [1.165, 1.54) is 35.1 Å². The molecular weight excluding hydrogens is 268 g/mol. The van der Waals surface area contributed by atoms with Gasteiger partial charge in [-0.15, -0.1) is 0 Å². The lowest BCUT2D eigenvalue weighted by Crippen LogP contribution is -2.10. The van der Waals surface area contributed by atoms with Gasteiger partial charge in [0.2, 0.25) is 0 Å². The number of hydrogen-bond acceptors (Lipinski definition) is 2. The third-order valence-corrected chi connectivity index (χ3v) is 4.43.